The fraction of sp³-hybridized carbons (Fsp3) is 0.182. The number of aryl methyl sites for hydroxylation is 1. The molecule has 0 fully saturated rings. The normalized spacial score (nSPS) is 12.7. The van der Waals surface area contributed by atoms with E-state index in [1.165, 1.54) is 0 Å². The highest BCUT2D eigenvalue weighted by Gasteiger charge is 2.10. The first-order valence-corrected chi connectivity index (χ1v) is 4.48. The summed E-state index contributed by atoms with van der Waals surface area (Å²) in [5.41, 5.74) is 8.01. The average molecular weight is 188 g/mol. The molecule has 72 valence electrons. The Labute approximate surface area is 82.6 Å². The van der Waals surface area contributed by atoms with Crippen molar-refractivity contribution in [1.29, 1.82) is 0 Å². The number of nitrogens with zero attached hydrogens (tertiary/aromatic N) is 1. The van der Waals surface area contributed by atoms with Crippen LogP contribution in [0.4, 0.5) is 0 Å². The highest BCUT2D eigenvalue weighted by atomic mass is 16.3. The summed E-state index contributed by atoms with van der Waals surface area (Å²) in [4.78, 5) is 4.03. The molecule has 2 aromatic heterocycles. The molecule has 2 rings (SSSR count). The van der Waals surface area contributed by atoms with Crippen LogP contribution in [0.5, 0.6) is 0 Å². The summed E-state index contributed by atoms with van der Waals surface area (Å²) in [6, 6.07) is 5.63. The van der Waals surface area contributed by atoms with Gasteiger partial charge in [-0.05, 0) is 24.6 Å². The van der Waals surface area contributed by atoms with Crippen molar-refractivity contribution in [3.63, 3.8) is 0 Å². The topological polar surface area (TPSA) is 52.0 Å². The minimum Gasteiger partial charge on any atom is -0.469 e. The third-order valence-corrected chi connectivity index (χ3v) is 2.15. The Morgan fingerprint density at radius 3 is 2.86 bits per heavy atom. The first-order valence-electron chi connectivity index (χ1n) is 4.48. The summed E-state index contributed by atoms with van der Waals surface area (Å²) in [6.07, 6.45) is 5.19. The molecule has 0 saturated heterocycles. The van der Waals surface area contributed by atoms with Gasteiger partial charge in [-0.3, -0.25) is 4.98 Å². The van der Waals surface area contributed by atoms with Crippen LogP contribution in [0.25, 0.3) is 0 Å². The number of aromatic nitrogens is 1. The lowest BCUT2D eigenvalue weighted by atomic mass is 10.0. The van der Waals surface area contributed by atoms with Crippen LogP contribution < -0.4 is 5.73 Å². The summed E-state index contributed by atoms with van der Waals surface area (Å²) >= 11 is 0. The van der Waals surface area contributed by atoms with E-state index in [0.717, 1.165) is 16.9 Å². The van der Waals surface area contributed by atoms with Gasteiger partial charge in [-0.2, -0.15) is 0 Å². The fourth-order valence-corrected chi connectivity index (χ4v) is 1.38. The molecular formula is C11H12N2O. The fourth-order valence-electron chi connectivity index (χ4n) is 1.38. The Morgan fingerprint density at radius 1 is 1.43 bits per heavy atom. The summed E-state index contributed by atoms with van der Waals surface area (Å²) in [7, 11) is 0. The third kappa shape index (κ3) is 1.67. The maximum Gasteiger partial charge on any atom is 0.101 e. The van der Waals surface area contributed by atoms with Crippen molar-refractivity contribution in [3.05, 3.63) is 53.7 Å². The molecule has 3 heteroatoms. The Kier molecular flexibility index (Phi) is 2.33. The predicted octanol–water partition coefficient (Wildman–Crippen LogP) is 2.03. The van der Waals surface area contributed by atoms with Crippen LogP contribution in [0.15, 0.2) is 41.3 Å². The Morgan fingerprint density at radius 2 is 2.29 bits per heavy atom. The van der Waals surface area contributed by atoms with E-state index in [1.807, 2.05) is 25.1 Å². The Hall–Kier alpha value is -1.61. The van der Waals surface area contributed by atoms with Gasteiger partial charge in [0, 0.05) is 18.0 Å². The van der Waals surface area contributed by atoms with Gasteiger partial charge in [-0.25, -0.2) is 0 Å². The number of rotatable bonds is 2. The van der Waals surface area contributed by atoms with Crippen LogP contribution in [0.2, 0.25) is 0 Å². The quantitative estimate of drug-likeness (QED) is 0.784. The molecule has 0 radical (unpaired) electrons. The summed E-state index contributed by atoms with van der Waals surface area (Å²) < 4.78 is 5.21. The first kappa shape index (κ1) is 8.97. The lowest BCUT2D eigenvalue weighted by molar-refractivity contribution is 0.530. The van der Waals surface area contributed by atoms with Crippen molar-refractivity contribution in [2.75, 3.05) is 0 Å². The molecule has 0 aliphatic rings. The molecule has 14 heavy (non-hydrogen) atoms. The molecule has 1 atom stereocenters. The van der Waals surface area contributed by atoms with Gasteiger partial charge in [0.15, 0.2) is 0 Å². The summed E-state index contributed by atoms with van der Waals surface area (Å²) in [5.74, 6) is 0.874. The minimum atomic E-state index is -0.152. The van der Waals surface area contributed by atoms with Gasteiger partial charge in [0.25, 0.3) is 0 Å². The molecule has 0 aliphatic carbocycles. The lowest BCUT2D eigenvalue weighted by Gasteiger charge is -2.07. The zero-order valence-corrected chi connectivity index (χ0v) is 7.97. The number of pyridine rings is 1. The third-order valence-electron chi connectivity index (χ3n) is 2.15. The Balaban J connectivity index is 2.29. The summed E-state index contributed by atoms with van der Waals surface area (Å²) in [5, 5.41) is 0. The van der Waals surface area contributed by atoms with Crippen molar-refractivity contribution < 1.29 is 4.42 Å². The van der Waals surface area contributed by atoms with E-state index >= 15 is 0 Å². The number of nitrogens with two attached hydrogens (primary N) is 1. The smallest absolute Gasteiger partial charge is 0.101 e. The second-order valence-corrected chi connectivity index (χ2v) is 3.25. The van der Waals surface area contributed by atoms with Crippen molar-refractivity contribution >= 4 is 0 Å². The van der Waals surface area contributed by atoms with Crippen molar-refractivity contribution in [1.82, 2.24) is 4.98 Å². The van der Waals surface area contributed by atoms with E-state index in [0.29, 0.717) is 0 Å². The van der Waals surface area contributed by atoms with Crippen LogP contribution in [0.1, 0.15) is 22.9 Å². The van der Waals surface area contributed by atoms with Crippen molar-refractivity contribution in [2.45, 2.75) is 13.0 Å². The second-order valence-electron chi connectivity index (χ2n) is 3.25. The SMILES string of the molecule is Cc1cc(C(N)c2cccnc2)co1. The van der Waals surface area contributed by atoms with Gasteiger partial charge in [0.05, 0.1) is 12.3 Å². The largest absolute Gasteiger partial charge is 0.469 e. The van der Waals surface area contributed by atoms with Gasteiger partial charge in [-0.15, -0.1) is 0 Å². The standard InChI is InChI=1S/C11H12N2O/c1-8-5-10(7-14-8)11(12)9-3-2-4-13-6-9/h2-7,11H,12H2,1H3. The van der Waals surface area contributed by atoms with Crippen LogP contribution >= 0.6 is 0 Å². The van der Waals surface area contributed by atoms with Gasteiger partial charge in [0.1, 0.15) is 5.76 Å². The van der Waals surface area contributed by atoms with E-state index in [9.17, 15) is 0 Å². The zero-order valence-electron chi connectivity index (χ0n) is 7.97. The average Bonchev–Trinajstić information content (AvgIpc) is 2.65. The van der Waals surface area contributed by atoms with Gasteiger partial charge >= 0.3 is 0 Å². The minimum absolute atomic E-state index is 0.152. The van der Waals surface area contributed by atoms with Gasteiger partial charge in [-0.1, -0.05) is 6.07 Å². The van der Waals surface area contributed by atoms with Crippen LogP contribution in [-0.2, 0) is 0 Å². The molecule has 0 aliphatic heterocycles. The monoisotopic (exact) mass is 188 g/mol. The van der Waals surface area contributed by atoms with Crippen molar-refractivity contribution in [2.24, 2.45) is 5.73 Å². The molecule has 0 saturated carbocycles. The van der Waals surface area contributed by atoms with Crippen molar-refractivity contribution in [3.8, 4) is 0 Å². The molecule has 1 unspecified atom stereocenters. The van der Waals surface area contributed by atoms with E-state index < -0.39 is 0 Å². The summed E-state index contributed by atoms with van der Waals surface area (Å²) in [6.45, 7) is 1.90. The molecule has 0 spiro atoms. The molecule has 3 nitrogen and oxygen atoms in total. The van der Waals surface area contributed by atoms with Gasteiger partial charge in [0.2, 0.25) is 0 Å². The van der Waals surface area contributed by atoms with E-state index in [-0.39, 0.29) is 6.04 Å². The first-order chi connectivity index (χ1) is 6.77. The van der Waals surface area contributed by atoms with Crippen LogP contribution in [0.3, 0.4) is 0 Å². The number of furan rings is 1. The maximum absolute atomic E-state index is 6.03. The highest BCUT2D eigenvalue weighted by molar-refractivity contribution is 5.27. The molecule has 0 bridgehead atoms. The Bertz CT molecular complexity index is 408. The molecule has 0 aromatic carbocycles. The van der Waals surface area contributed by atoms with Crippen LogP contribution in [-0.4, -0.2) is 4.98 Å². The lowest BCUT2D eigenvalue weighted by Crippen LogP contribution is -2.10. The molecule has 2 N–H and O–H groups in total. The molecular weight excluding hydrogens is 176 g/mol. The number of hydrogen-bond donors (Lipinski definition) is 1. The molecule has 0 amide bonds. The number of hydrogen-bond acceptors (Lipinski definition) is 3. The van der Waals surface area contributed by atoms with E-state index in [2.05, 4.69) is 4.98 Å². The molecule has 2 aromatic rings. The molecule has 2 heterocycles. The van der Waals surface area contributed by atoms with Gasteiger partial charge < -0.3 is 10.2 Å². The van der Waals surface area contributed by atoms with E-state index in [4.69, 9.17) is 10.2 Å². The predicted molar refractivity (Wildman–Crippen MR) is 53.7 cm³/mol. The highest BCUT2D eigenvalue weighted by Crippen LogP contribution is 2.20. The van der Waals surface area contributed by atoms with E-state index in [1.54, 1.807) is 18.7 Å². The zero-order chi connectivity index (χ0) is 9.97. The maximum atomic E-state index is 6.03. The van der Waals surface area contributed by atoms with Crippen LogP contribution in [0, 0.1) is 6.92 Å². The second kappa shape index (κ2) is 3.64.